The molecule has 2 aromatic carbocycles. The molecule has 0 saturated carbocycles. The van der Waals surface area contributed by atoms with Crippen molar-refractivity contribution in [1.82, 2.24) is 4.98 Å². The number of thiazole rings is 1. The van der Waals surface area contributed by atoms with Gasteiger partial charge in [0, 0.05) is 54.7 Å². The molecule has 3 heterocycles. The number of halogens is 3. The van der Waals surface area contributed by atoms with Crippen LogP contribution in [0.2, 0.25) is 0 Å². The number of ether oxygens (including phenoxy) is 2. The number of anilines is 2. The van der Waals surface area contributed by atoms with Gasteiger partial charge < -0.3 is 29.2 Å². The van der Waals surface area contributed by atoms with Gasteiger partial charge in [-0.25, -0.2) is 4.98 Å². The molecule has 2 aliphatic heterocycles. The predicted molar refractivity (Wildman–Crippen MR) is 145 cm³/mol. The first-order valence-electron chi connectivity index (χ1n) is 13.4. The number of carboxylic acids is 1. The summed E-state index contributed by atoms with van der Waals surface area (Å²) in [5.41, 5.74) is 3.87. The largest absolute Gasteiger partial charge is 1.00 e. The van der Waals surface area contributed by atoms with Crippen molar-refractivity contribution in [2.75, 3.05) is 49.3 Å². The van der Waals surface area contributed by atoms with E-state index < -0.39 is 17.7 Å². The summed E-state index contributed by atoms with van der Waals surface area (Å²) in [6.45, 7) is 6.66. The molecule has 0 N–H and O–H groups in total. The summed E-state index contributed by atoms with van der Waals surface area (Å²) in [6.07, 6.45) is -2.90. The topological polar surface area (TPSA) is 78.0 Å². The van der Waals surface area contributed by atoms with E-state index in [9.17, 15) is 23.1 Å². The first kappa shape index (κ1) is 31.6. The second kappa shape index (κ2) is 13.8. The number of nitrogens with zero attached hydrogens (tertiary/aromatic N) is 3. The quantitative estimate of drug-likeness (QED) is 0.343. The maximum atomic E-state index is 13.0. The van der Waals surface area contributed by atoms with Gasteiger partial charge in [0.05, 0.1) is 31.1 Å². The Morgan fingerprint density at radius 3 is 2.46 bits per heavy atom. The Bertz CT molecular complexity index is 1340. The van der Waals surface area contributed by atoms with Crippen LogP contribution in [-0.4, -0.2) is 50.4 Å². The van der Waals surface area contributed by atoms with E-state index in [1.807, 2.05) is 17.0 Å². The number of carbonyl (C=O) groups is 1. The summed E-state index contributed by atoms with van der Waals surface area (Å²) < 4.78 is 50.8. The van der Waals surface area contributed by atoms with Crippen LogP contribution >= 0.6 is 11.3 Å². The molecular weight excluding hydrogens is 566 g/mol. The van der Waals surface area contributed by atoms with E-state index in [4.69, 9.17) is 14.5 Å². The fraction of sp³-hybridized carbons (Fsp3) is 0.448. The standard InChI is InChI=1S/C29H32F3N3O4S.Na/c1-19-25(33-28(40-19)34-13-16-38-17-14-34)11-15-39-26-8-2-20(3-9-27(36)37)24-18-35(12-10-23(24)26)22-6-4-21(5-7-22)29(30,31)32;/h2,4-8H,3,9-18H2,1H3,(H,36,37);/q;+1/p-1. The Balaban J connectivity index is 0.00000387. The van der Waals surface area contributed by atoms with E-state index in [1.54, 1.807) is 11.3 Å². The zero-order chi connectivity index (χ0) is 28.3. The third-order valence-electron chi connectivity index (χ3n) is 7.38. The summed E-state index contributed by atoms with van der Waals surface area (Å²) >= 11 is 1.68. The van der Waals surface area contributed by atoms with Crippen molar-refractivity contribution < 1.29 is 62.1 Å². The Hall–Kier alpha value is -2.31. The molecule has 0 amide bonds. The summed E-state index contributed by atoms with van der Waals surface area (Å²) in [5.74, 6) is -0.375. The summed E-state index contributed by atoms with van der Waals surface area (Å²) in [7, 11) is 0. The van der Waals surface area contributed by atoms with Crippen LogP contribution in [0.1, 0.15) is 39.2 Å². The van der Waals surface area contributed by atoms with Gasteiger partial charge in [-0.05, 0) is 67.6 Å². The predicted octanol–water partition coefficient (Wildman–Crippen LogP) is 1.18. The minimum Gasteiger partial charge on any atom is -0.550 e. The van der Waals surface area contributed by atoms with Crippen LogP contribution in [0.3, 0.4) is 0 Å². The SMILES string of the molecule is Cc1sc(N2CCOCC2)nc1CCOc1ccc(CCC(=O)[O-])c2c1CCN(c1ccc(C(F)(F)F)cc1)C2.[Na+]. The minimum atomic E-state index is -4.39. The zero-order valence-electron chi connectivity index (χ0n) is 23.3. The van der Waals surface area contributed by atoms with E-state index in [0.717, 1.165) is 63.4 Å². The average molecular weight is 598 g/mol. The number of aliphatic carboxylic acids is 1. The van der Waals surface area contributed by atoms with Gasteiger partial charge in [0.15, 0.2) is 5.13 Å². The number of hydrogen-bond acceptors (Lipinski definition) is 8. The normalized spacial score (nSPS) is 15.3. The molecule has 0 spiro atoms. The molecule has 5 rings (SSSR count). The number of morpholine rings is 1. The molecular formula is C29H31F3N3NaO4S. The Morgan fingerprint density at radius 1 is 1.05 bits per heavy atom. The first-order chi connectivity index (χ1) is 19.2. The minimum absolute atomic E-state index is 0. The molecule has 1 saturated heterocycles. The molecule has 0 bridgehead atoms. The number of carbonyl (C=O) groups excluding carboxylic acids is 1. The smallest absolute Gasteiger partial charge is 0.550 e. The van der Waals surface area contributed by atoms with E-state index in [2.05, 4.69) is 11.8 Å². The van der Waals surface area contributed by atoms with E-state index in [0.29, 0.717) is 57.9 Å². The summed E-state index contributed by atoms with van der Waals surface area (Å²) in [4.78, 5) is 21.4. The molecule has 2 aliphatic rings. The Labute approximate surface area is 263 Å². The number of aryl methyl sites for hydroxylation is 2. The van der Waals surface area contributed by atoms with Crippen molar-refractivity contribution in [2.24, 2.45) is 0 Å². The number of benzene rings is 2. The van der Waals surface area contributed by atoms with Gasteiger partial charge in [0.1, 0.15) is 5.75 Å². The number of carboxylic acid groups (broad SMARTS) is 1. The van der Waals surface area contributed by atoms with E-state index in [-0.39, 0.29) is 36.0 Å². The molecule has 0 aliphatic carbocycles. The molecule has 12 heteroatoms. The van der Waals surface area contributed by atoms with E-state index >= 15 is 0 Å². The van der Waals surface area contributed by atoms with Crippen molar-refractivity contribution in [3.8, 4) is 5.75 Å². The second-order valence-corrected chi connectivity index (χ2v) is 11.1. The number of fused-ring (bicyclic) bond motifs is 1. The number of rotatable bonds is 9. The van der Waals surface area contributed by atoms with Crippen LogP contribution in [0.4, 0.5) is 24.0 Å². The van der Waals surface area contributed by atoms with Gasteiger partial charge >= 0.3 is 35.7 Å². The molecule has 1 aromatic heterocycles. The summed E-state index contributed by atoms with van der Waals surface area (Å²) in [6, 6.07) is 8.92. The van der Waals surface area contributed by atoms with Gasteiger partial charge in [0.2, 0.25) is 0 Å². The number of alkyl halides is 3. The van der Waals surface area contributed by atoms with Crippen LogP contribution in [0.15, 0.2) is 36.4 Å². The fourth-order valence-corrected chi connectivity index (χ4v) is 6.19. The maximum absolute atomic E-state index is 13.0. The molecule has 7 nitrogen and oxygen atoms in total. The molecule has 0 radical (unpaired) electrons. The van der Waals surface area contributed by atoms with Crippen LogP contribution in [0.25, 0.3) is 0 Å². The van der Waals surface area contributed by atoms with Crippen molar-refractivity contribution in [2.45, 2.75) is 45.3 Å². The summed E-state index contributed by atoms with van der Waals surface area (Å²) in [5, 5.41) is 12.2. The molecule has 1 fully saturated rings. The average Bonchev–Trinajstić information content (AvgIpc) is 3.32. The van der Waals surface area contributed by atoms with Crippen LogP contribution in [0, 0.1) is 6.92 Å². The first-order valence-corrected chi connectivity index (χ1v) is 14.2. The molecule has 41 heavy (non-hydrogen) atoms. The van der Waals surface area contributed by atoms with Gasteiger partial charge in [-0.1, -0.05) is 6.07 Å². The second-order valence-electron chi connectivity index (χ2n) is 9.97. The van der Waals surface area contributed by atoms with Gasteiger partial charge in [-0.2, -0.15) is 13.2 Å². The van der Waals surface area contributed by atoms with Crippen LogP contribution in [-0.2, 0) is 41.5 Å². The monoisotopic (exact) mass is 597 g/mol. The van der Waals surface area contributed by atoms with Crippen LogP contribution in [0.5, 0.6) is 5.75 Å². The molecule has 0 unspecified atom stereocenters. The zero-order valence-corrected chi connectivity index (χ0v) is 26.1. The Kier molecular flexibility index (Phi) is 10.6. The third kappa shape index (κ3) is 7.75. The Morgan fingerprint density at radius 2 is 1.78 bits per heavy atom. The van der Waals surface area contributed by atoms with Crippen molar-refractivity contribution in [3.63, 3.8) is 0 Å². The van der Waals surface area contributed by atoms with Gasteiger partial charge in [-0.3, -0.25) is 0 Å². The molecule has 214 valence electrons. The van der Waals surface area contributed by atoms with Gasteiger partial charge in [0.25, 0.3) is 0 Å². The fourth-order valence-electron chi connectivity index (χ4n) is 5.19. The third-order valence-corrected chi connectivity index (χ3v) is 8.46. The molecule has 3 aromatic rings. The van der Waals surface area contributed by atoms with Crippen molar-refractivity contribution in [3.05, 3.63) is 69.2 Å². The van der Waals surface area contributed by atoms with Crippen molar-refractivity contribution >= 4 is 28.1 Å². The molecule has 0 atom stereocenters. The number of aromatic nitrogens is 1. The van der Waals surface area contributed by atoms with Crippen LogP contribution < -0.4 is 49.2 Å². The van der Waals surface area contributed by atoms with Gasteiger partial charge in [-0.15, -0.1) is 11.3 Å². The van der Waals surface area contributed by atoms with E-state index in [1.165, 1.54) is 12.1 Å². The van der Waals surface area contributed by atoms with Crippen molar-refractivity contribution in [1.29, 1.82) is 0 Å². The number of hydrogen-bond donors (Lipinski definition) is 0. The maximum Gasteiger partial charge on any atom is 1.00 e.